The van der Waals surface area contributed by atoms with E-state index in [1.165, 1.54) is 23.4 Å². The zero-order valence-corrected chi connectivity index (χ0v) is 18.2. The maximum atomic E-state index is 4.72. The third-order valence-corrected chi connectivity index (χ3v) is 4.69. The van der Waals surface area contributed by atoms with Crippen molar-refractivity contribution in [3.8, 4) is 0 Å². The quantitative estimate of drug-likeness (QED) is 0.598. The van der Waals surface area contributed by atoms with Crippen molar-refractivity contribution < 1.29 is 0 Å². The first-order valence-corrected chi connectivity index (χ1v) is 9.93. The SMILES string of the molecule is CC.CC(C)C.Cc1nc2c(c(C(C)C)n1)CCC(C)(C(C)C)C2. The molecule has 0 N–H and O–H groups in total. The molecule has 0 fully saturated rings. The van der Waals surface area contributed by atoms with E-state index in [-0.39, 0.29) is 0 Å². The van der Waals surface area contributed by atoms with Crippen LogP contribution in [-0.4, -0.2) is 9.97 Å². The molecule has 0 amide bonds. The Labute approximate surface area is 151 Å². The molecule has 0 spiro atoms. The summed E-state index contributed by atoms with van der Waals surface area (Å²) in [4.78, 5) is 9.39. The van der Waals surface area contributed by atoms with Crippen molar-refractivity contribution in [1.29, 1.82) is 0 Å². The molecule has 1 heterocycles. The fraction of sp³-hybridized carbons (Fsp3) is 0.818. The molecule has 140 valence electrons. The molecule has 1 aliphatic rings. The normalized spacial score (nSPS) is 19.4. The van der Waals surface area contributed by atoms with Gasteiger partial charge in [0.25, 0.3) is 0 Å². The third kappa shape index (κ3) is 6.53. The van der Waals surface area contributed by atoms with Crippen LogP contribution in [0.15, 0.2) is 0 Å². The molecule has 1 unspecified atom stereocenters. The van der Waals surface area contributed by atoms with E-state index in [4.69, 9.17) is 4.98 Å². The molecular weight excluding hydrogens is 292 g/mol. The van der Waals surface area contributed by atoms with Crippen LogP contribution in [-0.2, 0) is 12.8 Å². The maximum absolute atomic E-state index is 4.72. The molecule has 1 aromatic rings. The van der Waals surface area contributed by atoms with Gasteiger partial charge in [-0.05, 0) is 54.9 Å². The van der Waals surface area contributed by atoms with Gasteiger partial charge in [0.15, 0.2) is 0 Å². The lowest BCUT2D eigenvalue weighted by molar-refractivity contribution is 0.183. The van der Waals surface area contributed by atoms with Gasteiger partial charge in [-0.1, -0.05) is 69.2 Å². The minimum absolute atomic E-state index is 0.405. The van der Waals surface area contributed by atoms with Crippen LogP contribution >= 0.6 is 0 Å². The highest BCUT2D eigenvalue weighted by Gasteiger charge is 2.35. The van der Waals surface area contributed by atoms with Gasteiger partial charge in [0.2, 0.25) is 0 Å². The molecule has 1 atom stereocenters. The summed E-state index contributed by atoms with van der Waals surface area (Å²) in [5.74, 6) is 2.98. The zero-order chi connectivity index (χ0) is 19.1. The van der Waals surface area contributed by atoms with Crippen LogP contribution in [0, 0.1) is 24.2 Å². The predicted octanol–water partition coefficient (Wildman–Crippen LogP) is 6.75. The van der Waals surface area contributed by atoms with Crippen LogP contribution in [0.25, 0.3) is 0 Å². The van der Waals surface area contributed by atoms with Gasteiger partial charge in [0.05, 0.1) is 5.69 Å². The zero-order valence-electron chi connectivity index (χ0n) is 18.2. The number of fused-ring (bicyclic) bond motifs is 1. The molecule has 0 aliphatic heterocycles. The first-order chi connectivity index (χ1) is 11.1. The van der Waals surface area contributed by atoms with E-state index in [0.29, 0.717) is 17.3 Å². The Morgan fingerprint density at radius 1 is 0.917 bits per heavy atom. The van der Waals surface area contributed by atoms with Crippen LogP contribution in [0.4, 0.5) is 0 Å². The average Bonchev–Trinajstić information content (AvgIpc) is 2.47. The summed E-state index contributed by atoms with van der Waals surface area (Å²) in [7, 11) is 0. The highest BCUT2D eigenvalue weighted by molar-refractivity contribution is 5.31. The van der Waals surface area contributed by atoms with E-state index in [2.05, 4.69) is 60.4 Å². The highest BCUT2D eigenvalue weighted by atomic mass is 14.9. The fourth-order valence-electron chi connectivity index (χ4n) is 2.95. The van der Waals surface area contributed by atoms with E-state index < -0.39 is 0 Å². The molecule has 0 saturated carbocycles. The molecule has 0 radical (unpaired) electrons. The Balaban J connectivity index is 0.000000773. The molecule has 2 heteroatoms. The second-order valence-corrected chi connectivity index (χ2v) is 8.45. The Bertz CT molecular complexity index is 486. The summed E-state index contributed by atoms with van der Waals surface area (Å²) in [6.45, 7) is 24.1. The van der Waals surface area contributed by atoms with Crippen molar-refractivity contribution in [3.05, 3.63) is 22.8 Å². The lowest BCUT2D eigenvalue weighted by Gasteiger charge is -2.38. The average molecular weight is 335 g/mol. The van der Waals surface area contributed by atoms with E-state index in [1.807, 2.05) is 20.8 Å². The molecule has 0 aromatic carbocycles. The van der Waals surface area contributed by atoms with Gasteiger partial charge in [-0.2, -0.15) is 0 Å². The minimum Gasteiger partial charge on any atom is -0.238 e. The van der Waals surface area contributed by atoms with Gasteiger partial charge in [-0.3, -0.25) is 0 Å². The van der Waals surface area contributed by atoms with Crippen molar-refractivity contribution in [2.45, 2.75) is 101 Å². The van der Waals surface area contributed by atoms with Gasteiger partial charge in [-0.25, -0.2) is 9.97 Å². The molecule has 0 saturated heterocycles. The van der Waals surface area contributed by atoms with Gasteiger partial charge < -0.3 is 0 Å². The third-order valence-electron chi connectivity index (χ3n) is 4.69. The van der Waals surface area contributed by atoms with Gasteiger partial charge in [-0.15, -0.1) is 0 Å². The monoisotopic (exact) mass is 334 g/mol. The smallest absolute Gasteiger partial charge is 0.125 e. The topological polar surface area (TPSA) is 25.8 Å². The van der Waals surface area contributed by atoms with Crippen molar-refractivity contribution in [2.75, 3.05) is 0 Å². The first-order valence-electron chi connectivity index (χ1n) is 9.93. The lowest BCUT2D eigenvalue weighted by Crippen LogP contribution is -2.32. The maximum Gasteiger partial charge on any atom is 0.125 e. The summed E-state index contributed by atoms with van der Waals surface area (Å²) in [5.41, 5.74) is 4.44. The minimum atomic E-state index is 0.405. The molecule has 1 aliphatic carbocycles. The molecule has 2 rings (SSSR count). The van der Waals surface area contributed by atoms with Gasteiger partial charge >= 0.3 is 0 Å². The largest absolute Gasteiger partial charge is 0.238 e. The summed E-state index contributed by atoms with van der Waals surface area (Å²) in [6.07, 6.45) is 3.53. The van der Waals surface area contributed by atoms with Crippen LogP contribution < -0.4 is 0 Å². The molecule has 24 heavy (non-hydrogen) atoms. The number of rotatable bonds is 2. The van der Waals surface area contributed by atoms with Gasteiger partial charge in [0.1, 0.15) is 5.82 Å². The lowest BCUT2D eigenvalue weighted by atomic mass is 9.67. The number of hydrogen-bond acceptors (Lipinski definition) is 2. The molecule has 1 aromatic heterocycles. The van der Waals surface area contributed by atoms with E-state index in [1.54, 1.807) is 0 Å². The summed E-state index contributed by atoms with van der Waals surface area (Å²) >= 11 is 0. The van der Waals surface area contributed by atoms with Crippen molar-refractivity contribution >= 4 is 0 Å². The van der Waals surface area contributed by atoms with E-state index >= 15 is 0 Å². The highest BCUT2D eigenvalue weighted by Crippen LogP contribution is 2.41. The molecule has 0 bridgehead atoms. The van der Waals surface area contributed by atoms with Gasteiger partial charge in [0, 0.05) is 5.69 Å². The van der Waals surface area contributed by atoms with Crippen molar-refractivity contribution in [1.82, 2.24) is 9.97 Å². The van der Waals surface area contributed by atoms with E-state index in [9.17, 15) is 0 Å². The van der Waals surface area contributed by atoms with Crippen LogP contribution in [0.1, 0.15) is 104 Å². The van der Waals surface area contributed by atoms with Crippen LogP contribution in [0.5, 0.6) is 0 Å². The number of nitrogens with zero attached hydrogens (tertiary/aromatic N) is 2. The van der Waals surface area contributed by atoms with Crippen LogP contribution in [0.3, 0.4) is 0 Å². The number of aromatic nitrogens is 2. The summed E-state index contributed by atoms with van der Waals surface area (Å²) < 4.78 is 0. The molecule has 2 nitrogen and oxygen atoms in total. The Morgan fingerprint density at radius 2 is 1.42 bits per heavy atom. The molecular formula is C22H42N2. The van der Waals surface area contributed by atoms with E-state index in [0.717, 1.165) is 24.6 Å². The predicted molar refractivity (Wildman–Crippen MR) is 108 cm³/mol. The first kappa shape index (κ1) is 23.1. The Morgan fingerprint density at radius 3 is 1.83 bits per heavy atom. The number of aryl methyl sites for hydroxylation is 1. The van der Waals surface area contributed by atoms with Crippen molar-refractivity contribution in [3.63, 3.8) is 0 Å². The summed E-state index contributed by atoms with van der Waals surface area (Å²) in [5, 5.41) is 0. The number of hydrogen-bond donors (Lipinski definition) is 0. The van der Waals surface area contributed by atoms with Crippen LogP contribution in [0.2, 0.25) is 0 Å². The summed E-state index contributed by atoms with van der Waals surface area (Å²) in [6, 6.07) is 0. The Hall–Kier alpha value is -0.920. The second kappa shape index (κ2) is 10.2. The fourth-order valence-corrected chi connectivity index (χ4v) is 2.95. The second-order valence-electron chi connectivity index (χ2n) is 8.45. The van der Waals surface area contributed by atoms with Crippen molar-refractivity contribution in [2.24, 2.45) is 17.3 Å². The Kier molecular flexibility index (Phi) is 9.77. The standard InChI is InChI=1S/C16H26N2.C4H10.C2H6/c1-10(2)15-13-7-8-16(6,11(3)4)9-14(13)17-12(5)18-15;1-4(2)3;1-2/h10-11H,7-9H2,1-6H3;4H,1-3H3;1-2H3.